The molecule has 1 atom stereocenters. The topological polar surface area (TPSA) is 75.4 Å². The molecule has 110 valence electrons. The lowest BCUT2D eigenvalue weighted by atomic mass is 10.1. The van der Waals surface area contributed by atoms with Crippen LogP contribution in [0.15, 0.2) is 24.3 Å². The Morgan fingerprint density at radius 1 is 1.45 bits per heavy atom. The van der Waals surface area contributed by atoms with Crippen molar-refractivity contribution in [2.24, 2.45) is 11.7 Å². The first-order chi connectivity index (χ1) is 9.13. The summed E-state index contributed by atoms with van der Waals surface area (Å²) >= 11 is 6.07. The number of amides is 2. The van der Waals surface area contributed by atoms with Gasteiger partial charge in [-0.3, -0.25) is 9.59 Å². The number of hydrogen-bond acceptors (Lipinski definition) is 3. The maximum absolute atomic E-state index is 12.0. The van der Waals surface area contributed by atoms with E-state index in [9.17, 15) is 9.59 Å². The Morgan fingerprint density at radius 2 is 2.15 bits per heavy atom. The molecule has 0 bridgehead atoms. The highest BCUT2D eigenvalue weighted by Gasteiger charge is 2.35. The Balaban J connectivity index is 0.00000200. The highest BCUT2D eigenvalue weighted by molar-refractivity contribution is 6.33. The molecule has 2 rings (SSSR count). The standard InChI is InChI=1S/C13H16ClN3O2.ClH/c14-10-3-1-2-4-11(10)17-8-9(7-12(17)18)13(19)16-6-5-15;/h1-4,9H,5-8,15H2,(H,16,19);1H. The van der Waals surface area contributed by atoms with Gasteiger partial charge in [-0.2, -0.15) is 0 Å². The Labute approximate surface area is 128 Å². The van der Waals surface area contributed by atoms with E-state index in [1.54, 1.807) is 23.1 Å². The van der Waals surface area contributed by atoms with Gasteiger partial charge in [-0.05, 0) is 12.1 Å². The molecule has 5 nitrogen and oxygen atoms in total. The van der Waals surface area contributed by atoms with E-state index in [1.165, 1.54) is 0 Å². The predicted octanol–water partition coefficient (Wildman–Crippen LogP) is 1.19. The maximum atomic E-state index is 12.0. The van der Waals surface area contributed by atoms with Crippen LogP contribution in [-0.4, -0.2) is 31.4 Å². The van der Waals surface area contributed by atoms with Gasteiger partial charge in [-0.25, -0.2) is 0 Å². The number of nitrogens with zero attached hydrogens (tertiary/aromatic N) is 1. The lowest BCUT2D eigenvalue weighted by Gasteiger charge is -2.17. The minimum Gasteiger partial charge on any atom is -0.355 e. The zero-order valence-electron chi connectivity index (χ0n) is 10.8. The first-order valence-corrected chi connectivity index (χ1v) is 6.54. The van der Waals surface area contributed by atoms with Gasteiger partial charge in [-0.1, -0.05) is 23.7 Å². The van der Waals surface area contributed by atoms with E-state index in [-0.39, 0.29) is 36.6 Å². The molecule has 1 saturated heterocycles. The summed E-state index contributed by atoms with van der Waals surface area (Å²) in [7, 11) is 0. The normalized spacial score (nSPS) is 17.8. The van der Waals surface area contributed by atoms with Crippen LogP contribution in [0.4, 0.5) is 5.69 Å². The molecule has 2 amide bonds. The number of anilines is 1. The Morgan fingerprint density at radius 3 is 2.80 bits per heavy atom. The number of benzene rings is 1. The van der Waals surface area contributed by atoms with Crippen molar-refractivity contribution < 1.29 is 9.59 Å². The highest BCUT2D eigenvalue weighted by atomic mass is 35.5. The molecule has 0 saturated carbocycles. The molecule has 0 radical (unpaired) electrons. The molecular weight excluding hydrogens is 301 g/mol. The van der Waals surface area contributed by atoms with Crippen molar-refractivity contribution in [2.75, 3.05) is 24.5 Å². The van der Waals surface area contributed by atoms with Crippen LogP contribution in [0.5, 0.6) is 0 Å². The molecular formula is C13H17Cl2N3O2. The van der Waals surface area contributed by atoms with E-state index in [0.29, 0.717) is 30.3 Å². The molecule has 1 heterocycles. The lowest BCUT2D eigenvalue weighted by Crippen LogP contribution is -2.35. The third-order valence-electron chi connectivity index (χ3n) is 3.08. The van der Waals surface area contributed by atoms with Crippen molar-refractivity contribution in [3.05, 3.63) is 29.3 Å². The van der Waals surface area contributed by atoms with Gasteiger partial charge < -0.3 is 16.0 Å². The van der Waals surface area contributed by atoms with Crippen LogP contribution in [0.2, 0.25) is 5.02 Å². The number of nitrogens with one attached hydrogen (secondary N) is 1. The lowest BCUT2D eigenvalue weighted by molar-refractivity contribution is -0.126. The van der Waals surface area contributed by atoms with Gasteiger partial charge in [0.15, 0.2) is 0 Å². The summed E-state index contributed by atoms with van der Waals surface area (Å²) in [5.41, 5.74) is 5.99. The monoisotopic (exact) mass is 317 g/mol. The molecule has 0 aromatic heterocycles. The maximum Gasteiger partial charge on any atom is 0.227 e. The van der Waals surface area contributed by atoms with Crippen molar-refractivity contribution >= 4 is 41.5 Å². The van der Waals surface area contributed by atoms with Crippen LogP contribution in [0, 0.1) is 5.92 Å². The van der Waals surface area contributed by atoms with E-state index in [0.717, 1.165) is 0 Å². The summed E-state index contributed by atoms with van der Waals surface area (Å²) < 4.78 is 0. The van der Waals surface area contributed by atoms with Gasteiger partial charge in [0.05, 0.1) is 16.6 Å². The van der Waals surface area contributed by atoms with Crippen molar-refractivity contribution in [3.8, 4) is 0 Å². The minimum absolute atomic E-state index is 0. The second kappa shape index (κ2) is 7.47. The second-order valence-corrected chi connectivity index (χ2v) is 4.84. The summed E-state index contributed by atoms with van der Waals surface area (Å²) in [4.78, 5) is 25.4. The van der Waals surface area contributed by atoms with Gasteiger partial charge in [0.25, 0.3) is 0 Å². The van der Waals surface area contributed by atoms with E-state index >= 15 is 0 Å². The molecule has 1 aromatic rings. The molecule has 3 N–H and O–H groups in total. The third-order valence-corrected chi connectivity index (χ3v) is 3.40. The van der Waals surface area contributed by atoms with Crippen LogP contribution < -0.4 is 16.0 Å². The van der Waals surface area contributed by atoms with Crippen LogP contribution >= 0.6 is 24.0 Å². The van der Waals surface area contributed by atoms with E-state index < -0.39 is 0 Å². The Hall–Kier alpha value is -1.30. The Bertz CT molecular complexity index is 496. The summed E-state index contributed by atoms with van der Waals surface area (Å²) in [5, 5.41) is 3.22. The van der Waals surface area contributed by atoms with E-state index in [2.05, 4.69) is 5.32 Å². The average Bonchev–Trinajstić information content (AvgIpc) is 2.78. The number of carbonyl (C=O) groups excluding carboxylic acids is 2. The zero-order valence-corrected chi connectivity index (χ0v) is 12.4. The Kier molecular flexibility index (Phi) is 6.26. The first-order valence-electron chi connectivity index (χ1n) is 6.16. The zero-order chi connectivity index (χ0) is 13.8. The van der Waals surface area contributed by atoms with Crippen LogP contribution in [-0.2, 0) is 9.59 Å². The third kappa shape index (κ3) is 3.62. The van der Waals surface area contributed by atoms with Gasteiger partial charge in [0.2, 0.25) is 11.8 Å². The number of para-hydroxylation sites is 1. The molecule has 0 spiro atoms. The number of hydrogen-bond donors (Lipinski definition) is 2. The van der Waals surface area contributed by atoms with E-state index in [1.807, 2.05) is 6.07 Å². The van der Waals surface area contributed by atoms with Gasteiger partial charge in [0.1, 0.15) is 0 Å². The number of nitrogens with two attached hydrogens (primary N) is 1. The van der Waals surface area contributed by atoms with Gasteiger partial charge in [-0.15, -0.1) is 12.4 Å². The smallest absolute Gasteiger partial charge is 0.227 e. The highest BCUT2D eigenvalue weighted by Crippen LogP contribution is 2.30. The van der Waals surface area contributed by atoms with Crippen molar-refractivity contribution in [1.29, 1.82) is 0 Å². The summed E-state index contributed by atoms with van der Waals surface area (Å²) in [6.07, 6.45) is 0.210. The largest absolute Gasteiger partial charge is 0.355 e. The fraction of sp³-hybridized carbons (Fsp3) is 0.385. The number of carbonyl (C=O) groups is 2. The fourth-order valence-corrected chi connectivity index (χ4v) is 2.36. The van der Waals surface area contributed by atoms with E-state index in [4.69, 9.17) is 17.3 Å². The molecule has 0 aliphatic carbocycles. The number of rotatable bonds is 4. The number of halogens is 2. The summed E-state index contributed by atoms with van der Waals surface area (Å²) in [6, 6.07) is 7.13. The minimum atomic E-state index is -0.338. The molecule has 1 fully saturated rings. The molecule has 1 aliphatic rings. The predicted molar refractivity (Wildman–Crippen MR) is 81.2 cm³/mol. The van der Waals surface area contributed by atoms with Crippen LogP contribution in [0.25, 0.3) is 0 Å². The molecule has 1 unspecified atom stereocenters. The molecule has 1 aliphatic heterocycles. The summed E-state index contributed by atoms with van der Waals surface area (Å²) in [5.74, 6) is -0.551. The fourth-order valence-electron chi connectivity index (χ4n) is 2.13. The van der Waals surface area contributed by atoms with Crippen LogP contribution in [0.1, 0.15) is 6.42 Å². The SMILES string of the molecule is Cl.NCCNC(=O)C1CC(=O)N(c2ccccc2Cl)C1. The second-order valence-electron chi connectivity index (χ2n) is 4.44. The molecule has 20 heavy (non-hydrogen) atoms. The summed E-state index contributed by atoms with van der Waals surface area (Å²) in [6.45, 7) is 1.18. The quantitative estimate of drug-likeness (QED) is 0.876. The van der Waals surface area contributed by atoms with Crippen molar-refractivity contribution in [1.82, 2.24) is 5.32 Å². The average molecular weight is 318 g/mol. The molecule has 1 aromatic carbocycles. The molecule has 7 heteroatoms. The first kappa shape index (κ1) is 16.8. The van der Waals surface area contributed by atoms with Gasteiger partial charge in [0, 0.05) is 26.1 Å². The van der Waals surface area contributed by atoms with Crippen molar-refractivity contribution in [2.45, 2.75) is 6.42 Å². The van der Waals surface area contributed by atoms with Gasteiger partial charge >= 0.3 is 0 Å². The van der Waals surface area contributed by atoms with Crippen LogP contribution in [0.3, 0.4) is 0 Å². The van der Waals surface area contributed by atoms with Crippen molar-refractivity contribution in [3.63, 3.8) is 0 Å².